The fraction of sp³-hybridized carbons (Fsp3) is 0.621. The number of rotatable bonds is 10. The molecule has 8 heteroatoms. The highest BCUT2D eigenvalue weighted by atomic mass is 16.5. The van der Waals surface area contributed by atoms with Crippen LogP contribution in [-0.4, -0.2) is 47.9 Å². The standard InChI is InChI=1S/C29H40N4O4/c1-36-25-15-8-16-26(37-2)27(25)24-18-23(32-33(24)21-13-5-6-14-21)29(35)31-22(17-19-9-3-4-10-19)28(34)30-20-11-7-12-20/h8,15-16,18-22H,3-7,9-14,17H2,1-2H3,(H,30,34)(H,31,35). The van der Waals surface area contributed by atoms with Crippen LogP contribution in [-0.2, 0) is 4.79 Å². The lowest BCUT2D eigenvalue weighted by molar-refractivity contribution is -0.124. The van der Waals surface area contributed by atoms with Gasteiger partial charge in [0.05, 0.1) is 31.5 Å². The number of nitrogens with zero attached hydrogens (tertiary/aromatic N) is 2. The maximum Gasteiger partial charge on any atom is 0.272 e. The first kappa shape index (κ1) is 25.6. The molecule has 1 aromatic heterocycles. The number of aromatic nitrogens is 2. The Morgan fingerprint density at radius 3 is 2.22 bits per heavy atom. The second kappa shape index (κ2) is 11.6. The van der Waals surface area contributed by atoms with Gasteiger partial charge in [0.25, 0.3) is 5.91 Å². The van der Waals surface area contributed by atoms with Gasteiger partial charge in [-0.15, -0.1) is 0 Å². The molecule has 3 aliphatic carbocycles. The fourth-order valence-corrected chi connectivity index (χ4v) is 6.12. The first-order chi connectivity index (χ1) is 18.1. The molecule has 2 N–H and O–H groups in total. The minimum atomic E-state index is -0.544. The van der Waals surface area contributed by atoms with Gasteiger partial charge in [-0.2, -0.15) is 5.10 Å². The molecule has 8 nitrogen and oxygen atoms in total. The van der Waals surface area contributed by atoms with Crippen molar-refractivity contribution >= 4 is 11.8 Å². The molecule has 3 fully saturated rings. The van der Waals surface area contributed by atoms with E-state index in [9.17, 15) is 9.59 Å². The van der Waals surface area contributed by atoms with Crippen molar-refractivity contribution in [1.82, 2.24) is 20.4 Å². The zero-order valence-corrected chi connectivity index (χ0v) is 22.1. The van der Waals surface area contributed by atoms with E-state index >= 15 is 0 Å². The van der Waals surface area contributed by atoms with Gasteiger partial charge >= 0.3 is 0 Å². The number of carbonyl (C=O) groups excluding carboxylic acids is 2. The van der Waals surface area contributed by atoms with Gasteiger partial charge in [0, 0.05) is 6.04 Å². The summed E-state index contributed by atoms with van der Waals surface area (Å²) in [5.74, 6) is 1.45. The summed E-state index contributed by atoms with van der Waals surface area (Å²) in [7, 11) is 3.27. The average Bonchev–Trinajstić information content (AvgIpc) is 3.66. The summed E-state index contributed by atoms with van der Waals surface area (Å²) in [6, 6.07) is 7.41. The normalized spacial score (nSPS) is 19.4. The van der Waals surface area contributed by atoms with E-state index < -0.39 is 6.04 Å². The van der Waals surface area contributed by atoms with Gasteiger partial charge < -0.3 is 20.1 Å². The van der Waals surface area contributed by atoms with E-state index in [2.05, 4.69) is 10.6 Å². The Balaban J connectivity index is 1.44. The molecule has 2 aromatic rings. The van der Waals surface area contributed by atoms with Gasteiger partial charge in [-0.1, -0.05) is 44.6 Å². The van der Waals surface area contributed by atoms with Crippen LogP contribution in [0.1, 0.15) is 93.6 Å². The van der Waals surface area contributed by atoms with Gasteiger partial charge in [0.1, 0.15) is 17.5 Å². The zero-order valence-electron chi connectivity index (χ0n) is 22.1. The molecule has 0 bridgehead atoms. The molecule has 0 spiro atoms. The molecule has 200 valence electrons. The van der Waals surface area contributed by atoms with E-state index in [4.69, 9.17) is 14.6 Å². The van der Waals surface area contributed by atoms with Crippen LogP contribution >= 0.6 is 0 Å². The summed E-state index contributed by atoms with van der Waals surface area (Å²) in [5.41, 5.74) is 1.91. The highest BCUT2D eigenvalue weighted by Crippen LogP contribution is 2.42. The molecular weight excluding hydrogens is 468 g/mol. The van der Waals surface area contributed by atoms with Crippen LogP contribution in [0.5, 0.6) is 11.5 Å². The molecule has 0 saturated heterocycles. The third-order valence-corrected chi connectivity index (χ3v) is 8.44. The van der Waals surface area contributed by atoms with Crippen LogP contribution < -0.4 is 20.1 Å². The molecule has 5 rings (SSSR count). The third kappa shape index (κ3) is 5.63. The van der Waals surface area contributed by atoms with Crippen molar-refractivity contribution in [2.45, 2.75) is 95.2 Å². The van der Waals surface area contributed by atoms with Gasteiger partial charge in [-0.3, -0.25) is 14.3 Å². The Bertz CT molecular complexity index is 1080. The van der Waals surface area contributed by atoms with Crippen molar-refractivity contribution in [1.29, 1.82) is 0 Å². The topological polar surface area (TPSA) is 94.5 Å². The Hall–Kier alpha value is -3.03. The summed E-state index contributed by atoms with van der Waals surface area (Å²) in [6.45, 7) is 0. The minimum Gasteiger partial charge on any atom is -0.496 e. The highest BCUT2D eigenvalue weighted by Gasteiger charge is 2.32. The van der Waals surface area contributed by atoms with Crippen LogP contribution in [0.2, 0.25) is 0 Å². The lowest BCUT2D eigenvalue weighted by Crippen LogP contribution is -2.51. The minimum absolute atomic E-state index is 0.0632. The van der Waals surface area contributed by atoms with Crippen molar-refractivity contribution in [3.8, 4) is 22.8 Å². The number of nitrogens with one attached hydrogen (secondary N) is 2. The zero-order chi connectivity index (χ0) is 25.8. The van der Waals surface area contributed by atoms with E-state index in [-0.39, 0.29) is 23.9 Å². The lowest BCUT2D eigenvalue weighted by atomic mass is 9.92. The molecule has 1 unspecified atom stereocenters. The quantitative estimate of drug-likeness (QED) is 0.469. The number of ether oxygens (including phenoxy) is 2. The number of carbonyl (C=O) groups is 2. The van der Waals surface area contributed by atoms with Crippen molar-refractivity contribution in [3.05, 3.63) is 30.0 Å². The van der Waals surface area contributed by atoms with Crippen molar-refractivity contribution < 1.29 is 19.1 Å². The smallest absolute Gasteiger partial charge is 0.272 e. The predicted octanol–water partition coefficient (Wildman–Crippen LogP) is 5.03. The van der Waals surface area contributed by atoms with Gasteiger partial charge in [-0.25, -0.2) is 0 Å². The molecule has 1 heterocycles. The van der Waals surface area contributed by atoms with E-state index in [0.29, 0.717) is 29.5 Å². The van der Waals surface area contributed by atoms with Gasteiger partial charge in [-0.05, 0) is 62.6 Å². The first-order valence-electron chi connectivity index (χ1n) is 14.0. The third-order valence-electron chi connectivity index (χ3n) is 8.44. The van der Waals surface area contributed by atoms with E-state index in [1.807, 2.05) is 28.9 Å². The van der Waals surface area contributed by atoms with E-state index in [1.54, 1.807) is 14.2 Å². The van der Waals surface area contributed by atoms with E-state index in [1.165, 1.54) is 12.8 Å². The average molecular weight is 509 g/mol. The monoisotopic (exact) mass is 508 g/mol. The van der Waals surface area contributed by atoms with Gasteiger partial charge in [0.15, 0.2) is 5.69 Å². The maximum absolute atomic E-state index is 13.6. The summed E-state index contributed by atoms with van der Waals surface area (Å²) in [6.07, 6.45) is 12.8. The molecule has 1 atom stereocenters. The Morgan fingerprint density at radius 2 is 1.62 bits per heavy atom. The first-order valence-corrected chi connectivity index (χ1v) is 14.0. The molecular formula is C29H40N4O4. The lowest BCUT2D eigenvalue weighted by Gasteiger charge is -2.29. The Kier molecular flexibility index (Phi) is 8.01. The predicted molar refractivity (Wildman–Crippen MR) is 142 cm³/mol. The van der Waals surface area contributed by atoms with Crippen molar-refractivity contribution in [2.75, 3.05) is 14.2 Å². The number of benzene rings is 1. The largest absolute Gasteiger partial charge is 0.496 e. The second-order valence-corrected chi connectivity index (χ2v) is 10.9. The SMILES string of the molecule is COc1cccc(OC)c1-c1cc(C(=O)NC(CC2CCCC2)C(=O)NC2CCC2)nn1C1CCCC1. The van der Waals surface area contributed by atoms with E-state index in [0.717, 1.165) is 69.0 Å². The summed E-state index contributed by atoms with van der Waals surface area (Å²) in [5, 5.41) is 11.0. The van der Waals surface area contributed by atoms with Crippen molar-refractivity contribution in [2.24, 2.45) is 5.92 Å². The molecule has 3 aliphatic rings. The Labute approximate surface area is 219 Å². The highest BCUT2D eigenvalue weighted by molar-refractivity contribution is 5.97. The van der Waals surface area contributed by atoms with Crippen molar-refractivity contribution in [3.63, 3.8) is 0 Å². The van der Waals surface area contributed by atoms with Crippen LogP contribution in [0.15, 0.2) is 24.3 Å². The molecule has 0 radical (unpaired) electrons. The Morgan fingerprint density at radius 1 is 0.973 bits per heavy atom. The number of amides is 2. The fourth-order valence-electron chi connectivity index (χ4n) is 6.12. The number of hydrogen-bond donors (Lipinski definition) is 2. The van der Waals surface area contributed by atoms with Crippen LogP contribution in [0.4, 0.5) is 0 Å². The molecule has 0 aliphatic heterocycles. The summed E-state index contributed by atoms with van der Waals surface area (Å²) < 4.78 is 13.3. The molecule has 1 aromatic carbocycles. The van der Waals surface area contributed by atoms with Crippen LogP contribution in [0.25, 0.3) is 11.3 Å². The molecule has 37 heavy (non-hydrogen) atoms. The van der Waals surface area contributed by atoms with Crippen LogP contribution in [0, 0.1) is 5.92 Å². The second-order valence-electron chi connectivity index (χ2n) is 10.9. The van der Waals surface area contributed by atoms with Crippen LogP contribution in [0.3, 0.4) is 0 Å². The van der Waals surface area contributed by atoms with Gasteiger partial charge in [0.2, 0.25) is 5.91 Å². The molecule has 2 amide bonds. The number of methoxy groups -OCH3 is 2. The summed E-state index contributed by atoms with van der Waals surface area (Å²) in [4.78, 5) is 26.8. The maximum atomic E-state index is 13.6. The summed E-state index contributed by atoms with van der Waals surface area (Å²) >= 11 is 0. The number of hydrogen-bond acceptors (Lipinski definition) is 5. The molecule has 3 saturated carbocycles.